The van der Waals surface area contributed by atoms with Crippen molar-refractivity contribution in [3.8, 4) is 0 Å². The van der Waals surface area contributed by atoms with Crippen LogP contribution in [0.2, 0.25) is 0 Å². The molecule has 0 spiro atoms. The van der Waals surface area contributed by atoms with Gasteiger partial charge in [0.05, 0.1) is 6.10 Å². The minimum Gasteiger partial charge on any atom is -0.480 e. The number of nitrogens with one attached hydrogen (secondary N) is 1. The first-order chi connectivity index (χ1) is 7.91. The molecule has 17 heavy (non-hydrogen) atoms. The predicted octanol–water partition coefficient (Wildman–Crippen LogP) is 0.262. The molecule has 1 rings (SSSR count). The number of aliphatic hydroxyl groups excluding tert-OH is 1. The maximum absolute atomic E-state index is 11.7. The summed E-state index contributed by atoms with van der Waals surface area (Å²) in [4.78, 5) is 23.8. The predicted molar refractivity (Wildman–Crippen MR) is 61.6 cm³/mol. The smallest absolute Gasteiger partial charge is 0.326 e. The molecule has 3 N–H and O–H groups in total. The molecule has 0 saturated carbocycles. The van der Waals surface area contributed by atoms with Crippen molar-refractivity contribution in [2.75, 3.05) is 13.1 Å². The van der Waals surface area contributed by atoms with Gasteiger partial charge in [-0.15, -0.1) is 0 Å². The number of carbonyl (C=O) groups is 2. The van der Waals surface area contributed by atoms with Crippen molar-refractivity contribution in [3.63, 3.8) is 0 Å². The van der Waals surface area contributed by atoms with E-state index in [0.29, 0.717) is 12.5 Å². The van der Waals surface area contributed by atoms with Gasteiger partial charge in [0.25, 0.3) is 0 Å². The van der Waals surface area contributed by atoms with Crippen molar-refractivity contribution < 1.29 is 19.8 Å². The lowest BCUT2D eigenvalue weighted by atomic mass is 10.1. The molecular weight excluding hydrogens is 224 g/mol. The SMILES string of the molecule is CC(C)CCNC(=O)N1CC(O)C[C@H]1C(=O)O. The van der Waals surface area contributed by atoms with E-state index in [-0.39, 0.29) is 13.0 Å². The number of urea groups is 1. The van der Waals surface area contributed by atoms with Gasteiger partial charge in [0, 0.05) is 19.5 Å². The van der Waals surface area contributed by atoms with Crippen LogP contribution >= 0.6 is 0 Å². The van der Waals surface area contributed by atoms with Crippen molar-refractivity contribution in [1.82, 2.24) is 10.2 Å². The molecule has 0 aromatic carbocycles. The Hall–Kier alpha value is -1.30. The number of nitrogens with zero attached hydrogens (tertiary/aromatic N) is 1. The number of hydrogen-bond donors (Lipinski definition) is 3. The number of carbonyl (C=O) groups excluding carboxylic acids is 1. The Morgan fingerprint density at radius 2 is 2.12 bits per heavy atom. The van der Waals surface area contributed by atoms with Crippen LogP contribution in [-0.4, -0.2) is 52.3 Å². The molecule has 0 aliphatic carbocycles. The number of rotatable bonds is 4. The van der Waals surface area contributed by atoms with E-state index < -0.39 is 24.1 Å². The first kappa shape index (κ1) is 13.8. The molecule has 0 aromatic heterocycles. The summed E-state index contributed by atoms with van der Waals surface area (Å²) < 4.78 is 0. The molecule has 1 fully saturated rings. The number of hydrogen-bond acceptors (Lipinski definition) is 3. The molecule has 1 unspecified atom stereocenters. The lowest BCUT2D eigenvalue weighted by molar-refractivity contribution is -0.141. The molecule has 1 aliphatic rings. The Kier molecular flexibility index (Phi) is 4.74. The van der Waals surface area contributed by atoms with Crippen LogP contribution in [-0.2, 0) is 4.79 Å². The molecule has 0 radical (unpaired) electrons. The molecule has 98 valence electrons. The van der Waals surface area contributed by atoms with Crippen molar-refractivity contribution in [3.05, 3.63) is 0 Å². The third kappa shape index (κ3) is 3.89. The zero-order valence-electron chi connectivity index (χ0n) is 10.2. The molecule has 1 aliphatic heterocycles. The fourth-order valence-corrected chi connectivity index (χ4v) is 1.84. The van der Waals surface area contributed by atoms with Gasteiger partial charge in [-0.3, -0.25) is 0 Å². The number of likely N-dealkylation sites (tertiary alicyclic amines) is 1. The van der Waals surface area contributed by atoms with Gasteiger partial charge in [0.1, 0.15) is 6.04 Å². The highest BCUT2D eigenvalue weighted by molar-refractivity contribution is 5.83. The monoisotopic (exact) mass is 244 g/mol. The minimum atomic E-state index is -1.07. The number of carboxylic acids is 1. The molecular formula is C11H20N2O4. The number of amides is 2. The summed E-state index contributed by atoms with van der Waals surface area (Å²) in [6, 6.07) is -1.32. The number of β-amino-alcohol motifs (C(OH)–C–C–N with tert-alkyl or cyclic N) is 1. The third-order valence-electron chi connectivity index (χ3n) is 2.82. The zero-order chi connectivity index (χ0) is 13.0. The van der Waals surface area contributed by atoms with Crippen LogP contribution in [0.15, 0.2) is 0 Å². The first-order valence-corrected chi connectivity index (χ1v) is 5.87. The van der Waals surface area contributed by atoms with E-state index in [1.807, 2.05) is 13.8 Å². The second-order valence-electron chi connectivity index (χ2n) is 4.81. The van der Waals surface area contributed by atoms with E-state index in [1.165, 1.54) is 4.90 Å². The van der Waals surface area contributed by atoms with Crippen molar-refractivity contribution >= 4 is 12.0 Å². The van der Waals surface area contributed by atoms with Crippen molar-refractivity contribution in [2.45, 2.75) is 38.8 Å². The normalized spacial score (nSPS) is 24.1. The maximum Gasteiger partial charge on any atom is 0.326 e. The molecule has 1 heterocycles. The highest BCUT2D eigenvalue weighted by Gasteiger charge is 2.38. The Morgan fingerprint density at radius 3 is 2.65 bits per heavy atom. The summed E-state index contributed by atoms with van der Waals surface area (Å²) in [5, 5.41) is 21.0. The maximum atomic E-state index is 11.7. The summed E-state index contributed by atoms with van der Waals surface area (Å²) in [7, 11) is 0. The molecule has 6 heteroatoms. The second-order valence-corrected chi connectivity index (χ2v) is 4.81. The van der Waals surface area contributed by atoms with E-state index in [0.717, 1.165) is 6.42 Å². The Bertz CT molecular complexity index is 293. The largest absolute Gasteiger partial charge is 0.480 e. The summed E-state index contributed by atoms with van der Waals surface area (Å²) in [5.41, 5.74) is 0. The van der Waals surface area contributed by atoms with Crippen LogP contribution in [0.5, 0.6) is 0 Å². The van der Waals surface area contributed by atoms with Crippen LogP contribution < -0.4 is 5.32 Å². The van der Waals surface area contributed by atoms with Crippen LogP contribution in [0.4, 0.5) is 4.79 Å². The van der Waals surface area contributed by atoms with Crippen LogP contribution in [0.25, 0.3) is 0 Å². The van der Waals surface area contributed by atoms with Gasteiger partial charge in [0.2, 0.25) is 0 Å². The first-order valence-electron chi connectivity index (χ1n) is 5.87. The standard InChI is InChI=1S/C11H20N2O4/c1-7(2)3-4-12-11(17)13-6-8(14)5-9(13)10(15)16/h7-9,14H,3-6H2,1-2H3,(H,12,17)(H,15,16)/t8?,9-/m0/s1. The fraction of sp³-hybridized carbons (Fsp3) is 0.818. The van der Waals surface area contributed by atoms with E-state index in [1.54, 1.807) is 0 Å². The van der Waals surface area contributed by atoms with Gasteiger partial charge in [0.15, 0.2) is 0 Å². The average molecular weight is 244 g/mol. The molecule has 1 saturated heterocycles. The summed E-state index contributed by atoms with van der Waals surface area (Å²) in [6.45, 7) is 4.71. The third-order valence-corrected chi connectivity index (χ3v) is 2.82. The minimum absolute atomic E-state index is 0.0878. The molecule has 0 aromatic rings. The molecule has 0 bridgehead atoms. The van der Waals surface area contributed by atoms with Crippen LogP contribution in [0, 0.1) is 5.92 Å². The number of aliphatic hydroxyl groups is 1. The average Bonchev–Trinajstić information content (AvgIpc) is 2.59. The van der Waals surface area contributed by atoms with Gasteiger partial charge in [-0.2, -0.15) is 0 Å². The highest BCUT2D eigenvalue weighted by atomic mass is 16.4. The molecule has 2 atom stereocenters. The van der Waals surface area contributed by atoms with Gasteiger partial charge in [-0.1, -0.05) is 13.8 Å². The highest BCUT2D eigenvalue weighted by Crippen LogP contribution is 2.18. The van der Waals surface area contributed by atoms with E-state index in [2.05, 4.69) is 5.32 Å². The summed E-state index contributed by atoms with van der Waals surface area (Å²) >= 11 is 0. The molecule has 6 nitrogen and oxygen atoms in total. The lowest BCUT2D eigenvalue weighted by Crippen LogP contribution is -2.46. The number of aliphatic carboxylic acids is 1. The van der Waals surface area contributed by atoms with Crippen molar-refractivity contribution in [2.24, 2.45) is 5.92 Å². The zero-order valence-corrected chi connectivity index (χ0v) is 10.2. The van der Waals surface area contributed by atoms with E-state index in [9.17, 15) is 14.7 Å². The summed E-state index contributed by atoms with van der Waals surface area (Å²) in [5.74, 6) is -0.588. The number of carboxylic acid groups (broad SMARTS) is 1. The quantitative estimate of drug-likeness (QED) is 0.661. The fourth-order valence-electron chi connectivity index (χ4n) is 1.84. The molecule has 2 amide bonds. The second kappa shape index (κ2) is 5.86. The van der Waals surface area contributed by atoms with Gasteiger partial charge >= 0.3 is 12.0 Å². The van der Waals surface area contributed by atoms with Crippen LogP contribution in [0.1, 0.15) is 26.7 Å². The Labute approximate surface area is 101 Å². The van der Waals surface area contributed by atoms with E-state index >= 15 is 0 Å². The Morgan fingerprint density at radius 1 is 1.47 bits per heavy atom. The Balaban J connectivity index is 2.47. The van der Waals surface area contributed by atoms with Gasteiger partial charge in [-0.05, 0) is 12.3 Å². The van der Waals surface area contributed by atoms with Gasteiger partial charge in [-0.25, -0.2) is 9.59 Å². The summed E-state index contributed by atoms with van der Waals surface area (Å²) in [6.07, 6.45) is 0.208. The van der Waals surface area contributed by atoms with Crippen LogP contribution in [0.3, 0.4) is 0 Å². The van der Waals surface area contributed by atoms with Gasteiger partial charge < -0.3 is 20.4 Å². The topological polar surface area (TPSA) is 89.9 Å². The van der Waals surface area contributed by atoms with E-state index in [4.69, 9.17) is 5.11 Å². The lowest BCUT2D eigenvalue weighted by Gasteiger charge is -2.21. The van der Waals surface area contributed by atoms with Crippen molar-refractivity contribution in [1.29, 1.82) is 0 Å².